The maximum absolute atomic E-state index is 2.31. The van der Waals surface area contributed by atoms with Crippen molar-refractivity contribution < 1.29 is 0 Å². The molecule has 0 radical (unpaired) electrons. The summed E-state index contributed by atoms with van der Waals surface area (Å²) in [6.45, 7) is 8.96. The third-order valence-electron chi connectivity index (χ3n) is 5.39. The van der Waals surface area contributed by atoms with E-state index in [4.69, 9.17) is 0 Å². The Bertz CT molecular complexity index is 1000. The Morgan fingerprint density at radius 2 is 0.958 bits per heavy atom. The monoisotopic (exact) mass is 310 g/mol. The van der Waals surface area contributed by atoms with Gasteiger partial charge in [0.25, 0.3) is 0 Å². The molecule has 118 valence electrons. The lowest BCUT2D eigenvalue weighted by atomic mass is 9.84. The van der Waals surface area contributed by atoms with Crippen LogP contribution in [0.2, 0.25) is 0 Å². The molecule has 4 aromatic rings. The van der Waals surface area contributed by atoms with Crippen LogP contribution in [0.5, 0.6) is 0 Å². The van der Waals surface area contributed by atoms with E-state index in [1.54, 1.807) is 0 Å². The van der Waals surface area contributed by atoms with Gasteiger partial charge in [-0.3, -0.25) is 0 Å². The van der Waals surface area contributed by atoms with Gasteiger partial charge in [-0.15, -0.1) is 0 Å². The van der Waals surface area contributed by atoms with Gasteiger partial charge in [0.15, 0.2) is 0 Å². The molecular weight excluding hydrogens is 288 g/mol. The van der Waals surface area contributed by atoms with Gasteiger partial charge < -0.3 is 0 Å². The Hall–Kier alpha value is -2.60. The van der Waals surface area contributed by atoms with Gasteiger partial charge in [-0.1, -0.05) is 54.6 Å². The molecule has 0 aliphatic heterocycles. The lowest BCUT2D eigenvalue weighted by molar-refractivity contribution is 1.25. The van der Waals surface area contributed by atoms with E-state index in [2.05, 4.69) is 88.4 Å². The van der Waals surface area contributed by atoms with Crippen molar-refractivity contribution in [3.05, 3.63) is 82.9 Å². The van der Waals surface area contributed by atoms with E-state index in [1.165, 1.54) is 54.9 Å². The third-order valence-corrected chi connectivity index (χ3v) is 5.39. The normalized spacial score (nSPS) is 11.3. The molecule has 0 aromatic heterocycles. The highest BCUT2D eigenvalue weighted by Crippen LogP contribution is 2.40. The molecular formula is C24H22. The van der Waals surface area contributed by atoms with Crippen molar-refractivity contribution in [2.24, 2.45) is 0 Å². The van der Waals surface area contributed by atoms with Crippen molar-refractivity contribution >= 4 is 21.5 Å². The molecule has 0 amide bonds. The van der Waals surface area contributed by atoms with Crippen LogP contribution in [-0.2, 0) is 0 Å². The first-order valence-electron chi connectivity index (χ1n) is 8.56. The van der Waals surface area contributed by atoms with Crippen LogP contribution in [0.1, 0.15) is 22.3 Å². The second-order valence-electron chi connectivity index (χ2n) is 6.83. The maximum Gasteiger partial charge on any atom is -0.00213 e. The van der Waals surface area contributed by atoms with Crippen LogP contribution in [0.15, 0.2) is 60.7 Å². The maximum atomic E-state index is 2.31. The molecule has 0 unspecified atom stereocenters. The molecule has 0 heteroatoms. The molecule has 0 atom stereocenters. The van der Waals surface area contributed by atoms with Crippen LogP contribution in [0.4, 0.5) is 0 Å². The second-order valence-corrected chi connectivity index (χ2v) is 6.83. The van der Waals surface area contributed by atoms with Crippen LogP contribution in [-0.4, -0.2) is 0 Å². The number of aryl methyl sites for hydroxylation is 2. The highest BCUT2D eigenvalue weighted by molar-refractivity contribution is 6.13. The van der Waals surface area contributed by atoms with Gasteiger partial charge in [0, 0.05) is 0 Å². The van der Waals surface area contributed by atoms with Gasteiger partial charge in [0.05, 0.1) is 0 Å². The summed E-state index contributed by atoms with van der Waals surface area (Å²) in [5.41, 5.74) is 8.29. The molecule has 0 saturated heterocycles. The average Bonchev–Trinajstić information content (AvgIpc) is 2.59. The number of rotatable bonds is 1. The number of hydrogen-bond donors (Lipinski definition) is 0. The molecule has 0 fully saturated rings. The summed E-state index contributed by atoms with van der Waals surface area (Å²) < 4.78 is 0. The fourth-order valence-corrected chi connectivity index (χ4v) is 3.87. The van der Waals surface area contributed by atoms with E-state index in [1.807, 2.05) is 0 Å². The standard InChI is InChI=1S/C24H22/c1-15-13-16(2)18(4)23(17(15)3)24-21-11-7-5-9-19(21)14-20-10-6-8-12-22(20)24/h5-14H,1-4H3. The Morgan fingerprint density at radius 3 is 1.46 bits per heavy atom. The second kappa shape index (κ2) is 5.49. The molecule has 0 bridgehead atoms. The van der Waals surface area contributed by atoms with Gasteiger partial charge in [-0.25, -0.2) is 0 Å². The van der Waals surface area contributed by atoms with Crippen LogP contribution >= 0.6 is 0 Å². The number of benzene rings is 4. The van der Waals surface area contributed by atoms with Crippen molar-refractivity contribution in [3.63, 3.8) is 0 Å². The molecule has 0 spiro atoms. The fraction of sp³-hybridized carbons (Fsp3) is 0.167. The summed E-state index contributed by atoms with van der Waals surface area (Å²) in [5.74, 6) is 0. The summed E-state index contributed by atoms with van der Waals surface area (Å²) in [5, 5.41) is 5.30. The molecule has 0 saturated carbocycles. The largest absolute Gasteiger partial charge is 0.0616 e. The summed E-state index contributed by atoms with van der Waals surface area (Å²) in [6, 6.07) is 22.1. The van der Waals surface area contributed by atoms with E-state index in [0.29, 0.717) is 0 Å². The quantitative estimate of drug-likeness (QED) is 0.336. The topological polar surface area (TPSA) is 0 Å². The Labute approximate surface area is 143 Å². The van der Waals surface area contributed by atoms with Crippen LogP contribution in [0, 0.1) is 27.7 Å². The van der Waals surface area contributed by atoms with Crippen LogP contribution < -0.4 is 0 Å². The van der Waals surface area contributed by atoms with E-state index in [-0.39, 0.29) is 0 Å². The fourth-order valence-electron chi connectivity index (χ4n) is 3.87. The molecule has 0 nitrogen and oxygen atoms in total. The van der Waals surface area contributed by atoms with Crippen LogP contribution in [0.25, 0.3) is 32.7 Å². The molecule has 24 heavy (non-hydrogen) atoms. The zero-order chi connectivity index (χ0) is 16.8. The third kappa shape index (κ3) is 2.14. The summed E-state index contributed by atoms with van der Waals surface area (Å²) >= 11 is 0. The minimum atomic E-state index is 1.31. The van der Waals surface area contributed by atoms with E-state index in [0.717, 1.165) is 0 Å². The Kier molecular flexibility index (Phi) is 3.42. The van der Waals surface area contributed by atoms with Gasteiger partial charge >= 0.3 is 0 Å². The first-order chi connectivity index (χ1) is 11.6. The van der Waals surface area contributed by atoms with Crippen molar-refractivity contribution in [2.75, 3.05) is 0 Å². The van der Waals surface area contributed by atoms with E-state index in [9.17, 15) is 0 Å². The Balaban J connectivity index is 2.28. The van der Waals surface area contributed by atoms with Gasteiger partial charge in [0.2, 0.25) is 0 Å². The van der Waals surface area contributed by atoms with Crippen molar-refractivity contribution in [3.8, 4) is 11.1 Å². The zero-order valence-corrected chi connectivity index (χ0v) is 14.8. The average molecular weight is 310 g/mol. The number of fused-ring (bicyclic) bond motifs is 2. The van der Waals surface area contributed by atoms with Crippen molar-refractivity contribution in [1.29, 1.82) is 0 Å². The van der Waals surface area contributed by atoms with Gasteiger partial charge in [0.1, 0.15) is 0 Å². The Morgan fingerprint density at radius 1 is 0.500 bits per heavy atom. The van der Waals surface area contributed by atoms with E-state index < -0.39 is 0 Å². The molecule has 0 aliphatic carbocycles. The lowest BCUT2D eigenvalue weighted by Crippen LogP contribution is -1.97. The summed E-state index contributed by atoms with van der Waals surface area (Å²) in [4.78, 5) is 0. The predicted molar refractivity (Wildman–Crippen MR) is 106 cm³/mol. The lowest BCUT2D eigenvalue weighted by Gasteiger charge is -2.19. The zero-order valence-electron chi connectivity index (χ0n) is 14.8. The summed E-state index contributed by atoms with van der Waals surface area (Å²) in [6.07, 6.45) is 0. The molecule has 0 N–H and O–H groups in total. The summed E-state index contributed by atoms with van der Waals surface area (Å²) in [7, 11) is 0. The smallest absolute Gasteiger partial charge is 0.00213 e. The van der Waals surface area contributed by atoms with Gasteiger partial charge in [-0.2, -0.15) is 0 Å². The first-order valence-corrected chi connectivity index (χ1v) is 8.56. The van der Waals surface area contributed by atoms with E-state index >= 15 is 0 Å². The van der Waals surface area contributed by atoms with Crippen LogP contribution in [0.3, 0.4) is 0 Å². The molecule has 4 rings (SSSR count). The highest BCUT2D eigenvalue weighted by Gasteiger charge is 2.16. The van der Waals surface area contributed by atoms with Gasteiger partial charge in [-0.05, 0) is 88.7 Å². The predicted octanol–water partition coefficient (Wildman–Crippen LogP) is 6.89. The highest BCUT2D eigenvalue weighted by atomic mass is 14.2. The minimum Gasteiger partial charge on any atom is -0.0616 e. The molecule has 0 heterocycles. The molecule has 4 aromatic carbocycles. The van der Waals surface area contributed by atoms with Crippen molar-refractivity contribution in [2.45, 2.75) is 27.7 Å². The minimum absolute atomic E-state index is 1.31. The molecule has 0 aliphatic rings. The van der Waals surface area contributed by atoms with Crippen molar-refractivity contribution in [1.82, 2.24) is 0 Å². The first kappa shape index (κ1) is 15.0. The SMILES string of the molecule is Cc1cc(C)c(C)c(-c2c3ccccc3cc3ccccc23)c1C. The number of hydrogen-bond acceptors (Lipinski definition) is 0.